The third kappa shape index (κ3) is 11.2. The number of methoxy groups -OCH3 is 2. The highest BCUT2D eigenvalue weighted by molar-refractivity contribution is 7.80. The molecule has 0 aliphatic carbocycles. The van der Waals surface area contributed by atoms with Crippen LogP contribution in [-0.2, 0) is 12.8 Å². The van der Waals surface area contributed by atoms with Crippen molar-refractivity contribution in [3.8, 4) is 11.5 Å². The Morgan fingerprint density at radius 2 is 1.39 bits per heavy atom. The van der Waals surface area contributed by atoms with Gasteiger partial charge in [0.15, 0.2) is 5.05 Å². The minimum absolute atomic E-state index is 0.0673. The smallest absolute Gasteiger partial charge is 0.243 e. The van der Waals surface area contributed by atoms with E-state index in [2.05, 4.69) is 18.8 Å². The number of ether oxygens (including phenoxy) is 2. The summed E-state index contributed by atoms with van der Waals surface area (Å²) in [6.07, 6.45) is 13.5. The van der Waals surface area contributed by atoms with E-state index in [1.165, 1.54) is 44.9 Å². The van der Waals surface area contributed by atoms with E-state index in [1.54, 1.807) is 14.2 Å². The fourth-order valence-corrected chi connectivity index (χ4v) is 3.79. The van der Waals surface area contributed by atoms with Gasteiger partial charge in [0.1, 0.15) is 11.5 Å². The van der Waals surface area contributed by atoms with Crippen LogP contribution < -0.4 is 9.47 Å². The molecule has 0 atom stereocenters. The quantitative estimate of drug-likeness (QED) is 0.115. The lowest BCUT2D eigenvalue weighted by Crippen LogP contribution is -2.04. The molecular formula is C24H37NO5S. The first-order chi connectivity index (χ1) is 14.9. The Balaban J connectivity index is 2.32. The number of thiocarbonyl (C=S) groups is 1. The number of hydrogen-bond acceptors (Lipinski definition) is 5. The first-order valence-corrected chi connectivity index (χ1v) is 11.6. The number of unbranched alkanes of at least 4 members (excludes halogenated alkanes) is 9. The van der Waals surface area contributed by atoms with Crippen LogP contribution in [0.1, 0.15) is 81.8 Å². The zero-order valence-corrected chi connectivity index (χ0v) is 19.8. The normalized spacial score (nSPS) is 10.6. The zero-order chi connectivity index (χ0) is 23.1. The Hall–Kier alpha value is -2.15. The first-order valence-electron chi connectivity index (χ1n) is 11.2. The van der Waals surface area contributed by atoms with Crippen molar-refractivity contribution in [1.82, 2.24) is 0 Å². The molecule has 0 heterocycles. The van der Waals surface area contributed by atoms with Crippen LogP contribution >= 0.6 is 12.2 Å². The van der Waals surface area contributed by atoms with Crippen LogP contribution in [0.3, 0.4) is 0 Å². The standard InChI is InChI=1S/C24H37NO5S/c1-19(25(27)28)16-21-18-22(29-2)20(17-23(21)30-3)14-12-10-8-6-4-5-7-9-11-13-15-24(26)31/h17-18H,1,4-16H2,2-3H3,(H,26,31). The zero-order valence-electron chi connectivity index (χ0n) is 19.0. The number of aryl methyl sites for hydroxylation is 1. The van der Waals surface area contributed by atoms with E-state index in [0.717, 1.165) is 37.0 Å². The van der Waals surface area contributed by atoms with Crippen molar-refractivity contribution in [1.29, 1.82) is 0 Å². The number of benzene rings is 1. The van der Waals surface area contributed by atoms with Gasteiger partial charge in [0.05, 0.1) is 25.6 Å². The van der Waals surface area contributed by atoms with Crippen LogP contribution in [0, 0.1) is 10.1 Å². The van der Waals surface area contributed by atoms with Crippen LogP contribution in [0.4, 0.5) is 0 Å². The third-order valence-electron chi connectivity index (χ3n) is 5.42. The van der Waals surface area contributed by atoms with Gasteiger partial charge in [-0.3, -0.25) is 10.1 Å². The predicted molar refractivity (Wildman–Crippen MR) is 129 cm³/mol. The summed E-state index contributed by atoms with van der Waals surface area (Å²) >= 11 is 4.67. The Morgan fingerprint density at radius 3 is 1.87 bits per heavy atom. The Labute approximate surface area is 191 Å². The van der Waals surface area contributed by atoms with Gasteiger partial charge < -0.3 is 14.6 Å². The predicted octanol–water partition coefficient (Wildman–Crippen LogP) is 6.76. The molecule has 1 N–H and O–H groups in total. The van der Waals surface area contributed by atoms with Gasteiger partial charge in [0.2, 0.25) is 5.70 Å². The molecule has 0 radical (unpaired) electrons. The molecule has 0 aliphatic heterocycles. The number of nitrogens with zero attached hydrogens (tertiary/aromatic N) is 1. The van der Waals surface area contributed by atoms with E-state index in [-0.39, 0.29) is 17.2 Å². The fraction of sp³-hybridized carbons (Fsp3) is 0.625. The van der Waals surface area contributed by atoms with Gasteiger partial charge in [-0.1, -0.05) is 51.4 Å². The lowest BCUT2D eigenvalue weighted by atomic mass is 10.00. The second kappa shape index (κ2) is 15.6. The molecule has 0 aromatic heterocycles. The maximum atomic E-state index is 10.9. The van der Waals surface area contributed by atoms with E-state index >= 15 is 0 Å². The molecule has 174 valence electrons. The number of allylic oxidation sites excluding steroid dienone is 1. The number of nitro groups is 1. The van der Waals surface area contributed by atoms with Gasteiger partial charge in [-0.25, -0.2) is 0 Å². The highest BCUT2D eigenvalue weighted by atomic mass is 32.1. The first kappa shape index (κ1) is 26.9. The maximum Gasteiger partial charge on any atom is 0.243 e. The summed E-state index contributed by atoms with van der Waals surface area (Å²) in [5.74, 6) is 1.38. The van der Waals surface area contributed by atoms with Crippen molar-refractivity contribution >= 4 is 17.3 Å². The van der Waals surface area contributed by atoms with Crippen molar-refractivity contribution in [2.45, 2.75) is 83.5 Å². The number of aliphatic hydroxyl groups is 1. The average Bonchev–Trinajstić information content (AvgIpc) is 2.74. The third-order valence-corrected chi connectivity index (χ3v) is 5.63. The molecule has 1 rings (SSSR count). The van der Waals surface area contributed by atoms with Crippen molar-refractivity contribution in [3.63, 3.8) is 0 Å². The van der Waals surface area contributed by atoms with E-state index in [9.17, 15) is 10.1 Å². The van der Waals surface area contributed by atoms with Crippen LogP contribution in [0.15, 0.2) is 24.4 Å². The van der Waals surface area contributed by atoms with Crippen molar-refractivity contribution in [3.05, 3.63) is 45.6 Å². The molecule has 7 heteroatoms. The fourth-order valence-electron chi connectivity index (χ4n) is 3.65. The monoisotopic (exact) mass is 451 g/mol. The summed E-state index contributed by atoms with van der Waals surface area (Å²) in [5, 5.41) is 20.0. The van der Waals surface area contributed by atoms with E-state index in [4.69, 9.17) is 14.6 Å². The molecule has 0 spiro atoms. The molecule has 0 bridgehead atoms. The largest absolute Gasteiger partial charge is 0.502 e. The van der Waals surface area contributed by atoms with Crippen LogP contribution in [-0.4, -0.2) is 29.3 Å². The van der Waals surface area contributed by atoms with Crippen molar-refractivity contribution in [2.75, 3.05) is 14.2 Å². The van der Waals surface area contributed by atoms with Gasteiger partial charge >= 0.3 is 0 Å². The van der Waals surface area contributed by atoms with Crippen LogP contribution in [0.2, 0.25) is 0 Å². The summed E-state index contributed by atoms with van der Waals surface area (Å²) in [4.78, 5) is 10.4. The molecule has 0 amide bonds. The number of hydrogen-bond donors (Lipinski definition) is 1. The van der Waals surface area contributed by atoms with Gasteiger partial charge in [0.25, 0.3) is 0 Å². The second-order valence-electron chi connectivity index (χ2n) is 7.91. The Kier molecular flexibility index (Phi) is 13.5. The SMILES string of the molecule is C=C(Cc1cc(OC)c(CCCCCCCCCCCCC(O)=S)cc1OC)[N+](=O)[O-]. The Bertz CT molecular complexity index is 720. The van der Waals surface area contributed by atoms with Crippen LogP contribution in [0.25, 0.3) is 0 Å². The van der Waals surface area contributed by atoms with E-state index < -0.39 is 4.92 Å². The molecular weight excluding hydrogens is 414 g/mol. The molecule has 0 saturated heterocycles. The summed E-state index contributed by atoms with van der Waals surface area (Å²) in [6.45, 7) is 3.51. The molecule has 0 unspecified atom stereocenters. The van der Waals surface area contributed by atoms with E-state index in [1.807, 2.05) is 12.1 Å². The molecule has 0 fully saturated rings. The van der Waals surface area contributed by atoms with Crippen molar-refractivity contribution in [2.24, 2.45) is 0 Å². The van der Waals surface area contributed by atoms with Crippen LogP contribution in [0.5, 0.6) is 11.5 Å². The van der Waals surface area contributed by atoms with Gasteiger partial charge in [-0.2, -0.15) is 0 Å². The lowest BCUT2D eigenvalue weighted by Gasteiger charge is -2.14. The molecule has 0 aliphatic rings. The van der Waals surface area contributed by atoms with Gasteiger partial charge in [-0.15, -0.1) is 0 Å². The highest BCUT2D eigenvalue weighted by Gasteiger charge is 2.16. The number of aliphatic hydroxyl groups excluding tert-OH is 1. The second-order valence-corrected chi connectivity index (χ2v) is 8.38. The highest BCUT2D eigenvalue weighted by Crippen LogP contribution is 2.31. The molecule has 1 aromatic rings. The number of rotatable bonds is 18. The molecule has 6 nitrogen and oxygen atoms in total. The molecule has 1 aromatic carbocycles. The summed E-state index contributed by atoms with van der Waals surface area (Å²) in [7, 11) is 3.20. The maximum absolute atomic E-state index is 10.9. The average molecular weight is 452 g/mol. The van der Waals surface area contributed by atoms with Gasteiger partial charge in [-0.05, 0) is 55.8 Å². The van der Waals surface area contributed by atoms with Crippen molar-refractivity contribution < 1.29 is 19.5 Å². The molecule has 0 saturated carbocycles. The topological polar surface area (TPSA) is 81.8 Å². The summed E-state index contributed by atoms with van der Waals surface area (Å²) < 4.78 is 11.0. The summed E-state index contributed by atoms with van der Waals surface area (Å²) in [5.41, 5.74) is 1.71. The molecule has 31 heavy (non-hydrogen) atoms. The Morgan fingerprint density at radius 1 is 0.935 bits per heavy atom. The summed E-state index contributed by atoms with van der Waals surface area (Å²) in [6, 6.07) is 3.77. The van der Waals surface area contributed by atoms with E-state index in [0.29, 0.717) is 17.7 Å². The lowest BCUT2D eigenvalue weighted by molar-refractivity contribution is -0.426. The minimum atomic E-state index is -0.465. The van der Waals surface area contributed by atoms with Gasteiger partial charge in [0, 0.05) is 12.0 Å². The minimum Gasteiger partial charge on any atom is -0.502 e.